The topological polar surface area (TPSA) is 62.8 Å². The molecule has 2 unspecified atom stereocenters. The number of morpholine rings is 1. The van der Waals surface area contributed by atoms with E-state index in [0.29, 0.717) is 26.3 Å². The van der Waals surface area contributed by atoms with Gasteiger partial charge in [-0.15, -0.1) is 0 Å². The molecule has 0 bridgehead atoms. The van der Waals surface area contributed by atoms with Crippen molar-refractivity contribution in [1.29, 1.82) is 0 Å². The van der Waals surface area contributed by atoms with Crippen molar-refractivity contribution in [3.8, 4) is 0 Å². The molecule has 0 radical (unpaired) electrons. The molecule has 0 aromatic heterocycles. The van der Waals surface area contributed by atoms with E-state index in [0.717, 1.165) is 19.6 Å². The molecular formula is C11H21N3O3. The van der Waals surface area contributed by atoms with Crippen LogP contribution in [0.3, 0.4) is 0 Å². The Kier molecular flexibility index (Phi) is 4.58. The van der Waals surface area contributed by atoms with Crippen LogP contribution in [0.25, 0.3) is 0 Å². The van der Waals surface area contributed by atoms with Crippen LogP contribution in [-0.4, -0.2) is 69.6 Å². The molecule has 2 aliphatic heterocycles. The summed E-state index contributed by atoms with van der Waals surface area (Å²) in [5.41, 5.74) is 0. The Morgan fingerprint density at radius 1 is 1.47 bits per heavy atom. The number of amides is 2. The molecule has 2 aliphatic rings. The first-order valence-electron chi connectivity index (χ1n) is 6.19. The average Bonchev–Trinajstić information content (AvgIpc) is 2.83. The van der Waals surface area contributed by atoms with Gasteiger partial charge in [0.1, 0.15) is 0 Å². The second kappa shape index (κ2) is 6.18. The number of likely N-dealkylation sites (N-methyl/N-ethyl adjacent to an activating group) is 1. The van der Waals surface area contributed by atoms with E-state index in [1.807, 2.05) is 11.9 Å². The molecule has 0 aliphatic carbocycles. The summed E-state index contributed by atoms with van der Waals surface area (Å²) >= 11 is 0. The largest absolute Gasteiger partial charge is 0.379 e. The molecule has 6 nitrogen and oxygen atoms in total. The predicted octanol–water partition coefficient (Wildman–Crippen LogP) is -0.595. The standard InChI is InChI=1S/C11H21N3O3/c1-12-6-10-7-14(3-5-17-10)11(15)13-9-2-4-16-8-9/h9-10,12H,2-8H2,1H3,(H,13,15). The molecule has 6 heteroatoms. The van der Waals surface area contributed by atoms with Crippen molar-refractivity contribution in [2.45, 2.75) is 18.6 Å². The lowest BCUT2D eigenvalue weighted by Crippen LogP contribution is -2.53. The summed E-state index contributed by atoms with van der Waals surface area (Å²) in [5, 5.41) is 6.06. The Bertz CT molecular complexity index is 254. The SMILES string of the molecule is CNCC1CN(C(=O)NC2CCOC2)CCO1. The minimum absolute atomic E-state index is 0.00454. The van der Waals surface area contributed by atoms with E-state index in [2.05, 4.69) is 10.6 Å². The van der Waals surface area contributed by atoms with Crippen LogP contribution in [0.1, 0.15) is 6.42 Å². The lowest BCUT2D eigenvalue weighted by molar-refractivity contribution is -0.0123. The fraction of sp³-hybridized carbons (Fsp3) is 0.909. The predicted molar refractivity (Wildman–Crippen MR) is 63.0 cm³/mol. The Labute approximate surface area is 102 Å². The number of hydrogen-bond donors (Lipinski definition) is 2. The number of urea groups is 1. The number of carbonyl (C=O) groups excluding carboxylic acids is 1. The van der Waals surface area contributed by atoms with Crippen LogP contribution >= 0.6 is 0 Å². The lowest BCUT2D eigenvalue weighted by atomic mass is 10.2. The summed E-state index contributed by atoms with van der Waals surface area (Å²) < 4.78 is 10.8. The highest BCUT2D eigenvalue weighted by Crippen LogP contribution is 2.07. The lowest BCUT2D eigenvalue weighted by Gasteiger charge is -2.33. The van der Waals surface area contributed by atoms with Gasteiger partial charge in [-0.3, -0.25) is 0 Å². The molecule has 17 heavy (non-hydrogen) atoms. The van der Waals surface area contributed by atoms with Crippen LogP contribution in [-0.2, 0) is 9.47 Å². The zero-order valence-electron chi connectivity index (χ0n) is 10.3. The second-order valence-electron chi connectivity index (χ2n) is 4.51. The average molecular weight is 243 g/mol. The fourth-order valence-electron chi connectivity index (χ4n) is 2.17. The monoisotopic (exact) mass is 243 g/mol. The van der Waals surface area contributed by atoms with E-state index in [-0.39, 0.29) is 18.2 Å². The van der Waals surface area contributed by atoms with Crippen molar-refractivity contribution >= 4 is 6.03 Å². The second-order valence-corrected chi connectivity index (χ2v) is 4.51. The maximum atomic E-state index is 12.0. The highest BCUT2D eigenvalue weighted by atomic mass is 16.5. The molecule has 98 valence electrons. The molecule has 2 rings (SSSR count). The van der Waals surface area contributed by atoms with Crippen LogP contribution < -0.4 is 10.6 Å². The van der Waals surface area contributed by atoms with Crippen LogP contribution in [0.4, 0.5) is 4.79 Å². The van der Waals surface area contributed by atoms with Crippen molar-refractivity contribution in [2.75, 3.05) is 46.5 Å². The minimum atomic E-state index is 0.00454. The van der Waals surface area contributed by atoms with Crippen LogP contribution in [0.15, 0.2) is 0 Å². The Balaban J connectivity index is 1.77. The molecule has 0 saturated carbocycles. The number of carbonyl (C=O) groups is 1. The maximum Gasteiger partial charge on any atom is 0.317 e. The molecule has 2 heterocycles. The van der Waals surface area contributed by atoms with E-state index in [1.165, 1.54) is 0 Å². The zero-order chi connectivity index (χ0) is 12.1. The Morgan fingerprint density at radius 3 is 3.06 bits per heavy atom. The fourth-order valence-corrected chi connectivity index (χ4v) is 2.17. The normalized spacial score (nSPS) is 29.4. The third-order valence-corrected chi connectivity index (χ3v) is 3.12. The number of nitrogens with one attached hydrogen (secondary N) is 2. The molecule has 0 aromatic rings. The van der Waals surface area contributed by atoms with Crippen molar-refractivity contribution in [2.24, 2.45) is 0 Å². The van der Waals surface area contributed by atoms with Crippen molar-refractivity contribution in [3.05, 3.63) is 0 Å². The summed E-state index contributed by atoms with van der Waals surface area (Å²) in [4.78, 5) is 13.8. The molecular weight excluding hydrogens is 222 g/mol. The third-order valence-electron chi connectivity index (χ3n) is 3.12. The van der Waals surface area contributed by atoms with E-state index >= 15 is 0 Å². The summed E-state index contributed by atoms with van der Waals surface area (Å²) in [6, 6.07) is 0.179. The molecule has 2 amide bonds. The molecule has 0 spiro atoms. The maximum absolute atomic E-state index is 12.0. The van der Waals surface area contributed by atoms with Gasteiger partial charge in [0.05, 0.1) is 25.4 Å². The highest BCUT2D eigenvalue weighted by molar-refractivity contribution is 5.74. The van der Waals surface area contributed by atoms with E-state index in [9.17, 15) is 4.79 Å². The first-order valence-corrected chi connectivity index (χ1v) is 6.19. The quantitative estimate of drug-likeness (QED) is 0.695. The van der Waals surface area contributed by atoms with Crippen molar-refractivity contribution in [1.82, 2.24) is 15.5 Å². The Hall–Kier alpha value is -0.850. The number of nitrogens with zero attached hydrogens (tertiary/aromatic N) is 1. The number of hydrogen-bond acceptors (Lipinski definition) is 4. The first kappa shape index (κ1) is 12.6. The van der Waals surface area contributed by atoms with Crippen LogP contribution in [0.5, 0.6) is 0 Å². The summed E-state index contributed by atoms with van der Waals surface area (Å²) in [7, 11) is 1.89. The van der Waals surface area contributed by atoms with Gasteiger partial charge in [-0.2, -0.15) is 0 Å². The van der Waals surface area contributed by atoms with Gasteiger partial charge in [-0.1, -0.05) is 0 Å². The van der Waals surface area contributed by atoms with Gasteiger partial charge in [0.25, 0.3) is 0 Å². The van der Waals surface area contributed by atoms with Gasteiger partial charge >= 0.3 is 6.03 Å². The summed E-state index contributed by atoms with van der Waals surface area (Å²) in [5.74, 6) is 0. The third kappa shape index (κ3) is 3.55. The van der Waals surface area contributed by atoms with Gasteiger partial charge < -0.3 is 25.0 Å². The zero-order valence-corrected chi connectivity index (χ0v) is 10.3. The smallest absolute Gasteiger partial charge is 0.317 e. The first-order chi connectivity index (χ1) is 8.29. The van der Waals surface area contributed by atoms with E-state index in [1.54, 1.807) is 0 Å². The van der Waals surface area contributed by atoms with Gasteiger partial charge in [-0.25, -0.2) is 4.79 Å². The molecule has 2 saturated heterocycles. The number of ether oxygens (including phenoxy) is 2. The van der Waals surface area contributed by atoms with Crippen LogP contribution in [0.2, 0.25) is 0 Å². The van der Waals surface area contributed by atoms with Crippen molar-refractivity contribution in [3.63, 3.8) is 0 Å². The van der Waals surface area contributed by atoms with E-state index < -0.39 is 0 Å². The Morgan fingerprint density at radius 2 is 2.35 bits per heavy atom. The highest BCUT2D eigenvalue weighted by Gasteiger charge is 2.26. The number of rotatable bonds is 3. The molecule has 2 N–H and O–H groups in total. The molecule has 2 atom stereocenters. The summed E-state index contributed by atoms with van der Waals surface area (Å²) in [6.07, 6.45) is 1.01. The van der Waals surface area contributed by atoms with Crippen molar-refractivity contribution < 1.29 is 14.3 Å². The molecule has 0 aromatic carbocycles. The van der Waals surface area contributed by atoms with E-state index in [4.69, 9.17) is 9.47 Å². The van der Waals surface area contributed by atoms with Crippen LogP contribution in [0, 0.1) is 0 Å². The minimum Gasteiger partial charge on any atom is -0.379 e. The van der Waals surface area contributed by atoms with Gasteiger partial charge in [0.2, 0.25) is 0 Å². The molecule has 2 fully saturated rings. The van der Waals surface area contributed by atoms with Gasteiger partial charge in [-0.05, 0) is 13.5 Å². The summed E-state index contributed by atoms with van der Waals surface area (Å²) in [6.45, 7) is 4.09. The van der Waals surface area contributed by atoms with Gasteiger partial charge in [0.15, 0.2) is 0 Å². The van der Waals surface area contributed by atoms with Gasteiger partial charge in [0, 0.05) is 26.2 Å².